The van der Waals surface area contributed by atoms with Crippen molar-refractivity contribution in [3.05, 3.63) is 36.3 Å². The first-order valence-corrected chi connectivity index (χ1v) is 8.85. The van der Waals surface area contributed by atoms with Crippen LogP contribution < -0.4 is 4.90 Å². The molecule has 27 heavy (non-hydrogen) atoms. The second kappa shape index (κ2) is 7.07. The first-order valence-electron chi connectivity index (χ1n) is 8.85. The molecule has 1 fully saturated rings. The standard InChI is InChI=1S/C19H23F3N4O/c1-5-27-15-10-14(18(15,2)3)26(4)16-9-13(19(20,21)22)24-17(25-16)12-7-6-8-23-11-12/h6-9,11,14-15H,5,10H2,1-4H3/t14-,15-/m0/s1. The van der Waals surface area contributed by atoms with Crippen LogP contribution in [-0.2, 0) is 10.9 Å². The summed E-state index contributed by atoms with van der Waals surface area (Å²) in [6.45, 7) is 6.67. The first-order chi connectivity index (χ1) is 12.6. The molecule has 0 aromatic carbocycles. The van der Waals surface area contributed by atoms with Gasteiger partial charge in [-0.1, -0.05) is 13.8 Å². The molecular weight excluding hydrogens is 357 g/mol. The lowest BCUT2D eigenvalue weighted by molar-refractivity contribution is -0.141. The lowest BCUT2D eigenvalue weighted by atomic mass is 9.64. The molecule has 0 spiro atoms. The van der Waals surface area contributed by atoms with Gasteiger partial charge in [-0.25, -0.2) is 9.97 Å². The number of rotatable bonds is 5. The smallest absolute Gasteiger partial charge is 0.378 e. The molecular formula is C19H23F3N4O. The molecule has 0 aliphatic heterocycles. The maximum absolute atomic E-state index is 13.4. The van der Waals surface area contributed by atoms with Gasteiger partial charge in [0.15, 0.2) is 11.5 Å². The molecule has 2 heterocycles. The van der Waals surface area contributed by atoms with Crippen molar-refractivity contribution >= 4 is 5.82 Å². The molecule has 1 aliphatic carbocycles. The normalized spacial score (nSPS) is 21.6. The Balaban J connectivity index is 1.98. The van der Waals surface area contributed by atoms with E-state index in [1.807, 2.05) is 6.92 Å². The number of aromatic nitrogens is 3. The molecule has 2 aromatic heterocycles. The van der Waals surface area contributed by atoms with E-state index < -0.39 is 11.9 Å². The second-order valence-corrected chi connectivity index (χ2v) is 7.30. The summed E-state index contributed by atoms with van der Waals surface area (Å²) >= 11 is 0. The Morgan fingerprint density at radius 3 is 2.59 bits per heavy atom. The number of nitrogens with zero attached hydrogens (tertiary/aromatic N) is 4. The highest BCUT2D eigenvalue weighted by Crippen LogP contribution is 2.46. The van der Waals surface area contributed by atoms with Gasteiger partial charge in [0.1, 0.15) is 5.82 Å². The Bertz CT molecular complexity index is 795. The topological polar surface area (TPSA) is 51.1 Å². The Hall–Kier alpha value is -2.22. The zero-order chi connectivity index (χ0) is 19.8. The van der Waals surface area contributed by atoms with Crippen LogP contribution in [0, 0.1) is 5.41 Å². The van der Waals surface area contributed by atoms with E-state index in [1.165, 1.54) is 6.20 Å². The highest BCUT2D eigenvalue weighted by atomic mass is 19.4. The van der Waals surface area contributed by atoms with Crippen molar-refractivity contribution in [3.63, 3.8) is 0 Å². The fourth-order valence-electron chi connectivity index (χ4n) is 3.55. The summed E-state index contributed by atoms with van der Waals surface area (Å²) in [6, 6.07) is 4.31. The van der Waals surface area contributed by atoms with Crippen LogP contribution in [0.15, 0.2) is 30.6 Å². The lowest BCUT2D eigenvalue weighted by Crippen LogP contribution is -2.61. The minimum Gasteiger partial charge on any atom is -0.378 e. The highest BCUT2D eigenvalue weighted by Gasteiger charge is 2.51. The van der Waals surface area contributed by atoms with E-state index in [1.54, 1.807) is 30.3 Å². The molecule has 2 atom stereocenters. The number of halogens is 3. The largest absolute Gasteiger partial charge is 0.433 e. The summed E-state index contributed by atoms with van der Waals surface area (Å²) in [4.78, 5) is 13.9. The maximum Gasteiger partial charge on any atom is 0.433 e. The predicted octanol–water partition coefficient (Wildman–Crippen LogP) is 4.20. The summed E-state index contributed by atoms with van der Waals surface area (Å²) in [6.07, 6.45) is -0.729. The van der Waals surface area contributed by atoms with Crippen molar-refractivity contribution in [1.82, 2.24) is 15.0 Å². The lowest BCUT2D eigenvalue weighted by Gasteiger charge is -2.55. The minimum absolute atomic E-state index is 0.0123. The van der Waals surface area contributed by atoms with Crippen LogP contribution in [0.3, 0.4) is 0 Å². The fourth-order valence-corrected chi connectivity index (χ4v) is 3.55. The summed E-state index contributed by atoms with van der Waals surface area (Å²) in [5.41, 5.74) is -0.710. The Morgan fingerprint density at radius 1 is 1.30 bits per heavy atom. The van der Waals surface area contributed by atoms with Crippen LogP contribution >= 0.6 is 0 Å². The van der Waals surface area contributed by atoms with Gasteiger partial charge in [0.05, 0.1) is 6.10 Å². The number of pyridine rings is 1. The Labute approximate surface area is 156 Å². The van der Waals surface area contributed by atoms with Gasteiger partial charge in [-0.2, -0.15) is 13.2 Å². The van der Waals surface area contributed by atoms with E-state index in [4.69, 9.17) is 4.74 Å². The van der Waals surface area contributed by atoms with E-state index in [0.29, 0.717) is 12.2 Å². The molecule has 146 valence electrons. The number of alkyl halides is 3. The van der Waals surface area contributed by atoms with Crippen molar-refractivity contribution in [2.75, 3.05) is 18.6 Å². The van der Waals surface area contributed by atoms with E-state index >= 15 is 0 Å². The average molecular weight is 380 g/mol. The van der Waals surface area contributed by atoms with Gasteiger partial charge in [0.25, 0.3) is 0 Å². The molecule has 0 unspecified atom stereocenters. The molecule has 8 heteroatoms. The van der Waals surface area contributed by atoms with Crippen LogP contribution in [0.4, 0.5) is 19.0 Å². The van der Waals surface area contributed by atoms with Crippen molar-refractivity contribution in [2.45, 2.75) is 45.5 Å². The van der Waals surface area contributed by atoms with Gasteiger partial charge >= 0.3 is 6.18 Å². The SMILES string of the molecule is CCO[C@H]1C[C@H](N(C)c2cc(C(F)(F)F)nc(-c3cccnc3)n2)C1(C)C. The quantitative estimate of drug-likeness (QED) is 0.778. The maximum atomic E-state index is 13.4. The summed E-state index contributed by atoms with van der Waals surface area (Å²) in [5.74, 6) is 0.252. The number of anilines is 1. The van der Waals surface area contributed by atoms with E-state index in [9.17, 15) is 13.2 Å². The van der Waals surface area contributed by atoms with Crippen molar-refractivity contribution < 1.29 is 17.9 Å². The summed E-state index contributed by atoms with van der Waals surface area (Å²) < 4.78 is 45.9. The molecule has 1 aliphatic rings. The van der Waals surface area contributed by atoms with Crippen molar-refractivity contribution in [2.24, 2.45) is 5.41 Å². The van der Waals surface area contributed by atoms with Crippen LogP contribution in [0.1, 0.15) is 32.9 Å². The van der Waals surface area contributed by atoms with E-state index in [0.717, 1.165) is 12.5 Å². The van der Waals surface area contributed by atoms with Gasteiger partial charge in [0, 0.05) is 49.1 Å². The molecule has 5 nitrogen and oxygen atoms in total. The third-order valence-corrected chi connectivity index (χ3v) is 5.25. The van der Waals surface area contributed by atoms with E-state index in [-0.39, 0.29) is 29.2 Å². The minimum atomic E-state index is -4.56. The van der Waals surface area contributed by atoms with Crippen LogP contribution in [0.5, 0.6) is 0 Å². The van der Waals surface area contributed by atoms with Crippen LogP contribution in [-0.4, -0.2) is 40.8 Å². The summed E-state index contributed by atoms with van der Waals surface area (Å²) in [5, 5.41) is 0. The van der Waals surface area contributed by atoms with Gasteiger partial charge in [-0.3, -0.25) is 4.98 Å². The molecule has 3 rings (SSSR count). The molecule has 0 amide bonds. The van der Waals surface area contributed by atoms with Gasteiger partial charge in [-0.05, 0) is 25.5 Å². The second-order valence-electron chi connectivity index (χ2n) is 7.30. The molecule has 0 N–H and O–H groups in total. The number of hydrogen-bond acceptors (Lipinski definition) is 5. The van der Waals surface area contributed by atoms with E-state index in [2.05, 4.69) is 28.8 Å². The average Bonchev–Trinajstić information content (AvgIpc) is 2.64. The highest BCUT2D eigenvalue weighted by molar-refractivity contribution is 5.57. The Morgan fingerprint density at radius 2 is 2.04 bits per heavy atom. The molecule has 0 radical (unpaired) electrons. The third kappa shape index (κ3) is 3.76. The van der Waals surface area contributed by atoms with Crippen molar-refractivity contribution in [1.29, 1.82) is 0 Å². The molecule has 2 aromatic rings. The Kier molecular flexibility index (Phi) is 5.12. The first kappa shape index (κ1) is 19.5. The molecule has 0 saturated heterocycles. The third-order valence-electron chi connectivity index (χ3n) is 5.25. The molecule has 1 saturated carbocycles. The van der Waals surface area contributed by atoms with Gasteiger partial charge in [-0.15, -0.1) is 0 Å². The monoisotopic (exact) mass is 380 g/mol. The number of hydrogen-bond donors (Lipinski definition) is 0. The van der Waals surface area contributed by atoms with Crippen molar-refractivity contribution in [3.8, 4) is 11.4 Å². The van der Waals surface area contributed by atoms with Crippen LogP contribution in [0.2, 0.25) is 0 Å². The molecule has 0 bridgehead atoms. The predicted molar refractivity (Wildman–Crippen MR) is 96.3 cm³/mol. The zero-order valence-electron chi connectivity index (χ0n) is 15.8. The van der Waals surface area contributed by atoms with Gasteiger partial charge < -0.3 is 9.64 Å². The van der Waals surface area contributed by atoms with Crippen LogP contribution in [0.25, 0.3) is 11.4 Å². The fraction of sp³-hybridized carbons (Fsp3) is 0.526. The summed E-state index contributed by atoms with van der Waals surface area (Å²) in [7, 11) is 1.77. The number of ether oxygens (including phenoxy) is 1. The van der Waals surface area contributed by atoms with Gasteiger partial charge in [0.2, 0.25) is 0 Å². The zero-order valence-corrected chi connectivity index (χ0v) is 15.8.